The smallest absolute Gasteiger partial charge is 0.338 e. The van der Waals surface area contributed by atoms with E-state index >= 15 is 0 Å². The Labute approximate surface area is 84.5 Å². The monoisotopic (exact) mass is 210 g/mol. The standard InChI is InChI=1S/C10H7FO4/c11-8-5-6(10-14-3-4-15-10)1-2-7(8)9(12)13/h1-5,10H,(H,12,13). The third-order valence-electron chi connectivity index (χ3n) is 1.96. The molecule has 0 saturated carbocycles. The molecule has 1 heterocycles. The average Bonchev–Trinajstić information content (AvgIpc) is 2.69. The Morgan fingerprint density at radius 2 is 2.00 bits per heavy atom. The van der Waals surface area contributed by atoms with Crippen molar-refractivity contribution in [3.8, 4) is 0 Å². The van der Waals surface area contributed by atoms with Crippen LogP contribution in [0.3, 0.4) is 0 Å². The maximum atomic E-state index is 13.2. The van der Waals surface area contributed by atoms with Crippen molar-refractivity contribution in [1.82, 2.24) is 0 Å². The van der Waals surface area contributed by atoms with E-state index in [9.17, 15) is 9.18 Å². The van der Waals surface area contributed by atoms with Crippen LogP contribution in [-0.2, 0) is 9.47 Å². The summed E-state index contributed by atoms with van der Waals surface area (Å²) in [5.41, 5.74) is 0.0622. The van der Waals surface area contributed by atoms with Crippen molar-refractivity contribution in [3.05, 3.63) is 47.7 Å². The summed E-state index contributed by atoms with van der Waals surface area (Å²) in [5, 5.41) is 8.61. The number of halogens is 1. The molecule has 5 heteroatoms. The summed E-state index contributed by atoms with van der Waals surface area (Å²) >= 11 is 0. The molecule has 15 heavy (non-hydrogen) atoms. The molecule has 0 unspecified atom stereocenters. The van der Waals surface area contributed by atoms with Crippen LogP contribution in [0.4, 0.5) is 4.39 Å². The molecule has 0 spiro atoms. The van der Waals surface area contributed by atoms with Crippen molar-refractivity contribution in [3.63, 3.8) is 0 Å². The third kappa shape index (κ3) is 1.76. The highest BCUT2D eigenvalue weighted by molar-refractivity contribution is 5.87. The van der Waals surface area contributed by atoms with Crippen molar-refractivity contribution in [2.75, 3.05) is 0 Å². The van der Waals surface area contributed by atoms with Crippen molar-refractivity contribution in [2.45, 2.75) is 6.29 Å². The van der Waals surface area contributed by atoms with Gasteiger partial charge in [0.05, 0.1) is 5.56 Å². The maximum absolute atomic E-state index is 13.2. The molecule has 0 amide bonds. The Bertz CT molecular complexity index is 419. The number of benzene rings is 1. The lowest BCUT2D eigenvalue weighted by Crippen LogP contribution is -2.04. The molecule has 0 fully saturated rings. The van der Waals surface area contributed by atoms with Crippen molar-refractivity contribution in [2.24, 2.45) is 0 Å². The van der Waals surface area contributed by atoms with Crippen LogP contribution < -0.4 is 0 Å². The molecule has 0 aliphatic carbocycles. The molecule has 78 valence electrons. The summed E-state index contributed by atoms with van der Waals surface area (Å²) in [7, 11) is 0. The molecule has 0 aromatic heterocycles. The van der Waals surface area contributed by atoms with Crippen LogP contribution in [-0.4, -0.2) is 11.1 Å². The van der Waals surface area contributed by atoms with Gasteiger partial charge in [0.25, 0.3) is 6.29 Å². The minimum atomic E-state index is -1.30. The number of hydrogen-bond acceptors (Lipinski definition) is 3. The van der Waals surface area contributed by atoms with Crippen molar-refractivity contribution >= 4 is 5.97 Å². The molecule has 4 nitrogen and oxygen atoms in total. The van der Waals surface area contributed by atoms with E-state index < -0.39 is 18.1 Å². The van der Waals surface area contributed by atoms with E-state index in [-0.39, 0.29) is 5.56 Å². The molecule has 1 aliphatic heterocycles. The number of carboxylic acid groups (broad SMARTS) is 1. The molecular formula is C10H7FO4. The quantitative estimate of drug-likeness (QED) is 0.811. The predicted octanol–water partition coefficient (Wildman–Crippen LogP) is 2.04. The Morgan fingerprint density at radius 3 is 2.53 bits per heavy atom. The topological polar surface area (TPSA) is 55.8 Å². The first kappa shape index (κ1) is 9.51. The fraction of sp³-hybridized carbons (Fsp3) is 0.100. The number of rotatable bonds is 2. The molecule has 0 saturated heterocycles. The van der Waals surface area contributed by atoms with Crippen LogP contribution in [0.15, 0.2) is 30.7 Å². The summed E-state index contributed by atoms with van der Waals surface area (Å²) in [4.78, 5) is 10.5. The minimum Gasteiger partial charge on any atom is -0.478 e. The third-order valence-corrected chi connectivity index (χ3v) is 1.96. The Morgan fingerprint density at radius 1 is 1.33 bits per heavy atom. The van der Waals surface area contributed by atoms with E-state index in [2.05, 4.69) is 0 Å². The largest absolute Gasteiger partial charge is 0.478 e. The molecule has 0 atom stereocenters. The van der Waals surface area contributed by atoms with E-state index in [0.29, 0.717) is 5.56 Å². The molecule has 1 aromatic rings. The summed E-state index contributed by atoms with van der Waals surface area (Å²) in [6, 6.07) is 3.71. The second-order valence-electron chi connectivity index (χ2n) is 2.92. The highest BCUT2D eigenvalue weighted by atomic mass is 19.1. The Hall–Kier alpha value is -2.04. The van der Waals surface area contributed by atoms with Gasteiger partial charge in [-0.25, -0.2) is 9.18 Å². The summed E-state index contributed by atoms with van der Waals surface area (Å²) in [5.74, 6) is -2.11. The van der Waals surface area contributed by atoms with Crippen LogP contribution in [0.1, 0.15) is 22.2 Å². The predicted molar refractivity (Wildman–Crippen MR) is 47.4 cm³/mol. The first-order valence-corrected chi connectivity index (χ1v) is 4.17. The van der Waals surface area contributed by atoms with Gasteiger partial charge in [-0.2, -0.15) is 0 Å². The average molecular weight is 210 g/mol. The van der Waals surface area contributed by atoms with Gasteiger partial charge in [0, 0.05) is 5.56 Å². The van der Waals surface area contributed by atoms with Crippen LogP contribution in [0.25, 0.3) is 0 Å². The van der Waals surface area contributed by atoms with E-state index in [1.165, 1.54) is 24.7 Å². The molecule has 1 aliphatic rings. The van der Waals surface area contributed by atoms with Gasteiger partial charge in [-0.1, -0.05) is 6.07 Å². The molecule has 1 aromatic carbocycles. The highest BCUT2D eigenvalue weighted by Gasteiger charge is 2.18. The number of carbonyl (C=O) groups is 1. The lowest BCUT2D eigenvalue weighted by atomic mass is 10.1. The van der Waals surface area contributed by atoms with E-state index in [1.807, 2.05) is 0 Å². The summed E-state index contributed by atoms with van der Waals surface area (Å²) in [6.07, 6.45) is 1.99. The van der Waals surface area contributed by atoms with E-state index in [4.69, 9.17) is 14.6 Å². The van der Waals surface area contributed by atoms with Gasteiger partial charge in [0.2, 0.25) is 0 Å². The zero-order chi connectivity index (χ0) is 10.8. The second-order valence-corrected chi connectivity index (χ2v) is 2.92. The summed E-state index contributed by atoms with van der Waals surface area (Å²) in [6.45, 7) is 0. The number of aromatic carboxylic acids is 1. The Balaban J connectivity index is 2.29. The van der Waals surface area contributed by atoms with Crippen molar-refractivity contribution < 1.29 is 23.8 Å². The molecule has 1 N–H and O–H groups in total. The Kier molecular flexibility index (Phi) is 2.29. The zero-order valence-electron chi connectivity index (χ0n) is 7.51. The van der Waals surface area contributed by atoms with Gasteiger partial charge in [-0.3, -0.25) is 0 Å². The van der Waals surface area contributed by atoms with Crippen LogP contribution in [0, 0.1) is 5.82 Å². The van der Waals surface area contributed by atoms with Gasteiger partial charge in [-0.05, 0) is 12.1 Å². The fourth-order valence-electron chi connectivity index (χ4n) is 1.25. The molecule has 0 radical (unpaired) electrons. The van der Waals surface area contributed by atoms with Gasteiger partial charge >= 0.3 is 5.97 Å². The number of ether oxygens (including phenoxy) is 2. The van der Waals surface area contributed by atoms with Gasteiger partial charge < -0.3 is 14.6 Å². The lowest BCUT2D eigenvalue weighted by molar-refractivity contribution is -0.0248. The summed E-state index contributed by atoms with van der Waals surface area (Å²) < 4.78 is 23.2. The van der Waals surface area contributed by atoms with Gasteiger partial charge in [0.15, 0.2) is 0 Å². The molecular weight excluding hydrogens is 203 g/mol. The van der Waals surface area contributed by atoms with E-state index in [1.54, 1.807) is 0 Å². The van der Waals surface area contributed by atoms with Gasteiger partial charge in [-0.15, -0.1) is 0 Å². The number of hydrogen-bond donors (Lipinski definition) is 1. The second kappa shape index (κ2) is 3.61. The minimum absolute atomic E-state index is 0.371. The fourth-order valence-corrected chi connectivity index (χ4v) is 1.25. The van der Waals surface area contributed by atoms with E-state index in [0.717, 1.165) is 6.07 Å². The van der Waals surface area contributed by atoms with Crippen LogP contribution in [0.5, 0.6) is 0 Å². The van der Waals surface area contributed by atoms with Crippen LogP contribution >= 0.6 is 0 Å². The molecule has 0 bridgehead atoms. The highest BCUT2D eigenvalue weighted by Crippen LogP contribution is 2.25. The lowest BCUT2D eigenvalue weighted by Gasteiger charge is -2.10. The van der Waals surface area contributed by atoms with Gasteiger partial charge in [0.1, 0.15) is 18.3 Å². The first-order chi connectivity index (χ1) is 7.18. The number of carboxylic acids is 1. The normalized spacial score (nSPS) is 14.7. The molecule has 2 rings (SSSR count). The SMILES string of the molecule is O=C(O)c1ccc(C2OC=CO2)cc1F. The zero-order valence-corrected chi connectivity index (χ0v) is 7.51. The van der Waals surface area contributed by atoms with Crippen molar-refractivity contribution in [1.29, 1.82) is 0 Å². The first-order valence-electron chi connectivity index (χ1n) is 4.17. The van der Waals surface area contributed by atoms with Crippen LogP contribution in [0.2, 0.25) is 0 Å². The maximum Gasteiger partial charge on any atom is 0.338 e.